The Labute approximate surface area is 130 Å². The summed E-state index contributed by atoms with van der Waals surface area (Å²) in [5.41, 5.74) is 1.62. The van der Waals surface area contributed by atoms with Gasteiger partial charge in [0.1, 0.15) is 11.6 Å². The van der Waals surface area contributed by atoms with Gasteiger partial charge in [0.05, 0.1) is 7.11 Å². The average molecular weight is 301 g/mol. The van der Waals surface area contributed by atoms with Gasteiger partial charge >= 0.3 is 0 Å². The Balaban J connectivity index is 1.97. The van der Waals surface area contributed by atoms with Crippen LogP contribution in [0.25, 0.3) is 0 Å². The molecule has 1 atom stereocenters. The third-order valence-corrected chi connectivity index (χ3v) is 3.70. The van der Waals surface area contributed by atoms with Gasteiger partial charge in [0.15, 0.2) is 0 Å². The monoisotopic (exact) mass is 301 g/mol. The molecule has 2 aromatic carbocycles. The zero-order valence-corrected chi connectivity index (χ0v) is 12.8. The van der Waals surface area contributed by atoms with Gasteiger partial charge in [-0.05, 0) is 48.4 Å². The second-order valence-corrected chi connectivity index (χ2v) is 5.10. The molecular formula is C18H20FNO2. The van der Waals surface area contributed by atoms with Crippen LogP contribution in [0, 0.1) is 5.82 Å². The van der Waals surface area contributed by atoms with Gasteiger partial charge in [0, 0.05) is 18.0 Å². The van der Waals surface area contributed by atoms with Crippen LogP contribution in [0.15, 0.2) is 48.5 Å². The Morgan fingerprint density at radius 1 is 1.14 bits per heavy atom. The van der Waals surface area contributed by atoms with E-state index in [0.717, 1.165) is 12.0 Å². The zero-order chi connectivity index (χ0) is 15.9. The highest BCUT2D eigenvalue weighted by atomic mass is 19.1. The van der Waals surface area contributed by atoms with Gasteiger partial charge in [-0.1, -0.05) is 19.1 Å². The average Bonchev–Trinajstić information content (AvgIpc) is 2.56. The van der Waals surface area contributed by atoms with E-state index in [9.17, 15) is 9.18 Å². The predicted molar refractivity (Wildman–Crippen MR) is 84.8 cm³/mol. The van der Waals surface area contributed by atoms with Crippen molar-refractivity contribution >= 4 is 5.91 Å². The molecule has 2 aromatic rings. The van der Waals surface area contributed by atoms with Gasteiger partial charge in [-0.15, -0.1) is 0 Å². The van der Waals surface area contributed by atoms with E-state index in [1.807, 2.05) is 6.92 Å². The quantitative estimate of drug-likeness (QED) is 0.882. The maximum atomic E-state index is 13.0. The van der Waals surface area contributed by atoms with Crippen molar-refractivity contribution in [3.63, 3.8) is 0 Å². The fourth-order valence-electron chi connectivity index (χ4n) is 2.29. The van der Waals surface area contributed by atoms with Gasteiger partial charge < -0.3 is 10.1 Å². The Morgan fingerprint density at radius 2 is 1.77 bits per heavy atom. The predicted octanol–water partition coefficient (Wildman–Crippen LogP) is 3.76. The van der Waals surface area contributed by atoms with E-state index < -0.39 is 0 Å². The van der Waals surface area contributed by atoms with Crippen molar-refractivity contribution in [2.24, 2.45) is 0 Å². The second-order valence-electron chi connectivity index (χ2n) is 5.10. The van der Waals surface area contributed by atoms with Gasteiger partial charge in [-0.2, -0.15) is 0 Å². The zero-order valence-electron chi connectivity index (χ0n) is 12.8. The van der Waals surface area contributed by atoms with Crippen molar-refractivity contribution in [3.8, 4) is 5.75 Å². The van der Waals surface area contributed by atoms with Gasteiger partial charge in [-0.25, -0.2) is 4.39 Å². The van der Waals surface area contributed by atoms with E-state index >= 15 is 0 Å². The van der Waals surface area contributed by atoms with E-state index in [-0.39, 0.29) is 17.6 Å². The molecule has 22 heavy (non-hydrogen) atoms. The molecule has 2 rings (SSSR count). The number of rotatable bonds is 6. The molecule has 1 N–H and O–H groups in total. The number of carbonyl (C=O) groups excluding carboxylic acids is 1. The van der Waals surface area contributed by atoms with Crippen LogP contribution in [0.5, 0.6) is 5.75 Å². The molecule has 1 amide bonds. The number of methoxy groups -OCH3 is 1. The van der Waals surface area contributed by atoms with Crippen molar-refractivity contribution in [1.29, 1.82) is 0 Å². The van der Waals surface area contributed by atoms with Gasteiger partial charge in [-0.3, -0.25) is 4.79 Å². The summed E-state index contributed by atoms with van der Waals surface area (Å²) >= 11 is 0. The van der Waals surface area contributed by atoms with Crippen LogP contribution in [-0.4, -0.2) is 19.6 Å². The lowest BCUT2D eigenvalue weighted by Gasteiger charge is -2.16. The molecule has 0 unspecified atom stereocenters. The summed E-state index contributed by atoms with van der Waals surface area (Å²) in [6.07, 6.45) is 0.870. The van der Waals surface area contributed by atoms with Gasteiger partial charge in [0.2, 0.25) is 0 Å². The lowest BCUT2D eigenvalue weighted by Crippen LogP contribution is -2.28. The van der Waals surface area contributed by atoms with E-state index in [4.69, 9.17) is 4.74 Å². The molecule has 0 aliphatic heterocycles. The molecule has 0 aliphatic carbocycles. The lowest BCUT2D eigenvalue weighted by atomic mass is 9.96. The molecule has 0 aromatic heterocycles. The maximum Gasteiger partial charge on any atom is 0.251 e. The van der Waals surface area contributed by atoms with Crippen LogP contribution < -0.4 is 10.1 Å². The summed E-state index contributed by atoms with van der Waals surface area (Å²) in [7, 11) is 1.59. The number of amides is 1. The normalized spacial score (nSPS) is 11.8. The van der Waals surface area contributed by atoms with Crippen LogP contribution in [0.3, 0.4) is 0 Å². The van der Waals surface area contributed by atoms with Crippen molar-refractivity contribution in [2.75, 3.05) is 13.7 Å². The third-order valence-electron chi connectivity index (χ3n) is 3.70. The standard InChI is InChI=1S/C18H20FNO2/c1-3-13(14-4-8-16(19)9-5-14)12-20-18(21)15-6-10-17(22-2)11-7-15/h4-11,13H,3,12H2,1-2H3,(H,20,21)/t13-/m1/s1. The number of nitrogens with one attached hydrogen (secondary N) is 1. The molecule has 0 spiro atoms. The van der Waals surface area contributed by atoms with E-state index in [1.165, 1.54) is 12.1 Å². The Bertz CT molecular complexity index is 608. The first-order chi connectivity index (χ1) is 10.6. The van der Waals surface area contributed by atoms with E-state index in [1.54, 1.807) is 43.5 Å². The highest BCUT2D eigenvalue weighted by molar-refractivity contribution is 5.94. The minimum atomic E-state index is -0.249. The summed E-state index contributed by atoms with van der Waals surface area (Å²) in [5, 5.41) is 2.93. The molecule has 0 heterocycles. The summed E-state index contributed by atoms with van der Waals surface area (Å²) in [6, 6.07) is 13.4. The Hall–Kier alpha value is -2.36. The molecule has 116 valence electrons. The van der Waals surface area contributed by atoms with Crippen LogP contribution >= 0.6 is 0 Å². The molecule has 0 bridgehead atoms. The van der Waals surface area contributed by atoms with Crippen molar-refractivity contribution < 1.29 is 13.9 Å². The maximum absolute atomic E-state index is 13.0. The number of hydrogen-bond donors (Lipinski definition) is 1. The molecule has 0 saturated carbocycles. The Kier molecular flexibility index (Phi) is 5.53. The topological polar surface area (TPSA) is 38.3 Å². The summed E-state index contributed by atoms with van der Waals surface area (Å²) < 4.78 is 18.0. The molecule has 0 aliphatic rings. The van der Waals surface area contributed by atoms with Gasteiger partial charge in [0.25, 0.3) is 5.91 Å². The molecule has 4 heteroatoms. The highest BCUT2D eigenvalue weighted by Crippen LogP contribution is 2.19. The number of ether oxygens (including phenoxy) is 1. The van der Waals surface area contributed by atoms with Crippen molar-refractivity contribution in [2.45, 2.75) is 19.3 Å². The van der Waals surface area contributed by atoms with Crippen molar-refractivity contribution in [3.05, 3.63) is 65.5 Å². The van der Waals surface area contributed by atoms with Crippen LogP contribution in [0.2, 0.25) is 0 Å². The SMILES string of the molecule is CC[C@H](CNC(=O)c1ccc(OC)cc1)c1ccc(F)cc1. The van der Waals surface area contributed by atoms with Crippen LogP contribution in [0.4, 0.5) is 4.39 Å². The Morgan fingerprint density at radius 3 is 2.32 bits per heavy atom. The number of carbonyl (C=O) groups is 1. The summed E-state index contributed by atoms with van der Waals surface area (Å²) in [6.45, 7) is 2.57. The first-order valence-corrected chi connectivity index (χ1v) is 7.31. The molecule has 0 saturated heterocycles. The van der Waals surface area contributed by atoms with E-state index in [0.29, 0.717) is 17.9 Å². The first kappa shape index (κ1) is 16.0. The largest absolute Gasteiger partial charge is 0.497 e. The fourth-order valence-corrected chi connectivity index (χ4v) is 2.29. The summed E-state index contributed by atoms with van der Waals surface area (Å²) in [5.74, 6) is 0.515. The third kappa shape index (κ3) is 4.07. The van der Waals surface area contributed by atoms with E-state index in [2.05, 4.69) is 5.32 Å². The minimum Gasteiger partial charge on any atom is -0.497 e. The summed E-state index contributed by atoms with van der Waals surface area (Å²) in [4.78, 5) is 12.1. The number of halogens is 1. The number of hydrogen-bond acceptors (Lipinski definition) is 2. The molecule has 3 nitrogen and oxygen atoms in total. The second kappa shape index (κ2) is 7.59. The van der Waals surface area contributed by atoms with Crippen molar-refractivity contribution in [1.82, 2.24) is 5.32 Å². The van der Waals surface area contributed by atoms with Crippen LogP contribution in [-0.2, 0) is 0 Å². The lowest BCUT2D eigenvalue weighted by molar-refractivity contribution is 0.0951. The smallest absolute Gasteiger partial charge is 0.251 e. The first-order valence-electron chi connectivity index (χ1n) is 7.31. The highest BCUT2D eigenvalue weighted by Gasteiger charge is 2.12. The fraction of sp³-hybridized carbons (Fsp3) is 0.278. The molecule has 0 fully saturated rings. The molecule has 0 radical (unpaired) electrons. The molecular weight excluding hydrogens is 281 g/mol. The minimum absolute atomic E-state index is 0.122. The van der Waals surface area contributed by atoms with Crippen LogP contribution in [0.1, 0.15) is 35.2 Å². The number of benzene rings is 2.